The molecule has 7 nitrogen and oxygen atoms in total. The molecule has 0 fully saturated rings. The first-order valence-electron chi connectivity index (χ1n) is 9.68. The molecular weight excluding hydrogens is 398 g/mol. The number of ether oxygens (including phenoxy) is 1. The monoisotopic (exact) mass is 417 g/mol. The number of hydrogen-bond donors (Lipinski definition) is 1. The molecule has 0 aliphatic rings. The Kier molecular flexibility index (Phi) is 5.66. The highest BCUT2D eigenvalue weighted by Crippen LogP contribution is 2.26. The van der Waals surface area contributed by atoms with Crippen molar-refractivity contribution < 1.29 is 23.2 Å². The van der Waals surface area contributed by atoms with Gasteiger partial charge in [-0.25, -0.2) is 0 Å². The maximum atomic E-state index is 13.0. The third-order valence-electron chi connectivity index (χ3n) is 4.69. The molecular formula is C24H19NO6. The highest BCUT2D eigenvalue weighted by Gasteiger charge is 2.15. The van der Waals surface area contributed by atoms with Gasteiger partial charge in [-0.3, -0.25) is 14.4 Å². The van der Waals surface area contributed by atoms with Crippen LogP contribution in [0.25, 0.3) is 22.1 Å². The summed E-state index contributed by atoms with van der Waals surface area (Å²) in [5.74, 6) is -0.0325. The zero-order chi connectivity index (χ0) is 21.8. The molecule has 0 spiro atoms. The van der Waals surface area contributed by atoms with Crippen molar-refractivity contribution in [3.8, 4) is 16.9 Å². The number of aryl methyl sites for hydroxylation is 1. The Morgan fingerprint density at radius 3 is 2.58 bits per heavy atom. The highest BCUT2D eigenvalue weighted by atomic mass is 16.5. The molecule has 2 heterocycles. The Hall–Kier alpha value is -4.13. The number of furan rings is 1. The van der Waals surface area contributed by atoms with Crippen LogP contribution in [0.2, 0.25) is 0 Å². The van der Waals surface area contributed by atoms with Crippen molar-refractivity contribution in [1.82, 2.24) is 5.32 Å². The maximum absolute atomic E-state index is 13.0. The Bertz CT molecular complexity index is 1290. The number of nitrogens with one attached hydrogen (secondary N) is 1. The number of hydrogen-bond acceptors (Lipinski definition) is 6. The topological polar surface area (TPSA) is 98.8 Å². The lowest BCUT2D eigenvalue weighted by molar-refractivity contribution is -0.134. The van der Waals surface area contributed by atoms with Gasteiger partial charge in [0.05, 0.1) is 23.6 Å². The molecule has 7 heteroatoms. The Morgan fingerprint density at radius 1 is 1.03 bits per heavy atom. The molecule has 156 valence electrons. The van der Waals surface area contributed by atoms with E-state index >= 15 is 0 Å². The fourth-order valence-corrected chi connectivity index (χ4v) is 3.24. The van der Waals surface area contributed by atoms with Gasteiger partial charge >= 0.3 is 5.97 Å². The van der Waals surface area contributed by atoms with Crippen molar-refractivity contribution in [2.75, 3.05) is 6.54 Å². The second kappa shape index (κ2) is 8.71. The number of carbonyl (C=O) groups is 2. The zero-order valence-corrected chi connectivity index (χ0v) is 16.7. The van der Waals surface area contributed by atoms with E-state index in [1.54, 1.807) is 25.1 Å². The van der Waals surface area contributed by atoms with E-state index in [-0.39, 0.29) is 29.9 Å². The van der Waals surface area contributed by atoms with Crippen molar-refractivity contribution in [2.24, 2.45) is 0 Å². The van der Waals surface area contributed by atoms with E-state index in [0.29, 0.717) is 22.3 Å². The lowest BCUT2D eigenvalue weighted by atomic mass is 10.0. The second-order valence-electron chi connectivity index (χ2n) is 6.84. The third kappa shape index (κ3) is 4.40. The summed E-state index contributed by atoms with van der Waals surface area (Å²) in [6.45, 7) is 1.82. The molecule has 0 saturated heterocycles. The number of amides is 1. The Labute approximate surface area is 177 Å². The average Bonchev–Trinajstić information content (AvgIpc) is 3.29. The molecule has 4 rings (SSSR count). The summed E-state index contributed by atoms with van der Waals surface area (Å²) in [5, 5.41) is 2.97. The highest BCUT2D eigenvalue weighted by molar-refractivity contribution is 5.91. The fraction of sp³-hybridized carbons (Fsp3) is 0.125. The maximum Gasteiger partial charge on any atom is 0.312 e. The van der Waals surface area contributed by atoms with Crippen molar-refractivity contribution in [3.63, 3.8) is 0 Å². The van der Waals surface area contributed by atoms with E-state index in [0.717, 1.165) is 5.56 Å². The summed E-state index contributed by atoms with van der Waals surface area (Å²) in [6, 6.07) is 17.1. The van der Waals surface area contributed by atoms with Crippen LogP contribution in [0.5, 0.6) is 5.75 Å². The van der Waals surface area contributed by atoms with Gasteiger partial charge in [-0.15, -0.1) is 0 Å². The molecule has 1 N–H and O–H groups in total. The predicted octanol–water partition coefficient (Wildman–Crippen LogP) is 4.09. The van der Waals surface area contributed by atoms with Gasteiger partial charge in [-0.1, -0.05) is 30.3 Å². The number of benzene rings is 2. The Balaban J connectivity index is 1.46. The van der Waals surface area contributed by atoms with E-state index in [1.165, 1.54) is 18.4 Å². The van der Waals surface area contributed by atoms with Gasteiger partial charge < -0.3 is 18.9 Å². The summed E-state index contributed by atoms with van der Waals surface area (Å²) in [7, 11) is 0. The minimum absolute atomic E-state index is 0.0274. The largest absolute Gasteiger partial charge is 0.460 e. The van der Waals surface area contributed by atoms with E-state index in [1.807, 2.05) is 30.3 Å². The van der Waals surface area contributed by atoms with E-state index in [4.69, 9.17) is 13.6 Å². The van der Waals surface area contributed by atoms with Crippen LogP contribution < -0.4 is 15.5 Å². The predicted molar refractivity (Wildman–Crippen MR) is 114 cm³/mol. The van der Waals surface area contributed by atoms with Crippen LogP contribution in [0.15, 0.2) is 80.6 Å². The summed E-state index contributed by atoms with van der Waals surface area (Å²) < 4.78 is 16.1. The molecule has 1 amide bonds. The number of esters is 1. The van der Waals surface area contributed by atoms with Crippen LogP contribution >= 0.6 is 0 Å². The van der Waals surface area contributed by atoms with Crippen molar-refractivity contribution in [1.29, 1.82) is 0 Å². The summed E-state index contributed by atoms with van der Waals surface area (Å²) in [5.41, 5.74) is 1.47. The minimum atomic E-state index is -0.529. The van der Waals surface area contributed by atoms with Gasteiger partial charge in [0.2, 0.25) is 5.43 Å². The first-order valence-corrected chi connectivity index (χ1v) is 9.68. The van der Waals surface area contributed by atoms with Gasteiger partial charge in [0.1, 0.15) is 17.1 Å². The second-order valence-corrected chi connectivity index (χ2v) is 6.84. The quantitative estimate of drug-likeness (QED) is 0.375. The lowest BCUT2D eigenvalue weighted by Gasteiger charge is -2.09. The SMILES string of the molecule is Cc1oc2cc(OC(=O)CCNC(=O)c3ccco3)ccc2c(=O)c1-c1ccccc1. The van der Waals surface area contributed by atoms with Crippen molar-refractivity contribution in [3.05, 3.63) is 88.7 Å². The van der Waals surface area contributed by atoms with Crippen LogP contribution in [0.4, 0.5) is 0 Å². The molecule has 2 aromatic heterocycles. The van der Waals surface area contributed by atoms with Gasteiger partial charge in [-0.05, 0) is 36.8 Å². The number of carbonyl (C=O) groups excluding carboxylic acids is 2. The molecule has 0 unspecified atom stereocenters. The molecule has 4 aromatic rings. The molecule has 0 aliphatic carbocycles. The number of rotatable bonds is 6. The molecule has 0 bridgehead atoms. The van der Waals surface area contributed by atoms with Gasteiger partial charge in [0, 0.05) is 12.6 Å². The summed E-state index contributed by atoms with van der Waals surface area (Å²) in [6.07, 6.45) is 1.37. The molecule has 31 heavy (non-hydrogen) atoms. The van der Waals surface area contributed by atoms with Gasteiger partial charge in [-0.2, -0.15) is 0 Å². The minimum Gasteiger partial charge on any atom is -0.460 e. The van der Waals surface area contributed by atoms with Crippen LogP contribution in [-0.2, 0) is 4.79 Å². The third-order valence-corrected chi connectivity index (χ3v) is 4.69. The average molecular weight is 417 g/mol. The molecule has 0 saturated carbocycles. The summed E-state index contributed by atoms with van der Waals surface area (Å²) in [4.78, 5) is 36.9. The first kappa shape index (κ1) is 20.2. The molecule has 0 atom stereocenters. The van der Waals surface area contributed by atoms with Crippen LogP contribution in [-0.4, -0.2) is 18.4 Å². The van der Waals surface area contributed by atoms with E-state index in [9.17, 15) is 14.4 Å². The van der Waals surface area contributed by atoms with Crippen LogP contribution in [0.3, 0.4) is 0 Å². The van der Waals surface area contributed by atoms with E-state index < -0.39 is 11.9 Å². The van der Waals surface area contributed by atoms with Crippen LogP contribution in [0, 0.1) is 6.92 Å². The smallest absolute Gasteiger partial charge is 0.312 e. The number of fused-ring (bicyclic) bond motifs is 1. The van der Waals surface area contributed by atoms with E-state index in [2.05, 4.69) is 5.32 Å². The van der Waals surface area contributed by atoms with Crippen molar-refractivity contribution in [2.45, 2.75) is 13.3 Å². The summed E-state index contributed by atoms with van der Waals surface area (Å²) >= 11 is 0. The van der Waals surface area contributed by atoms with Crippen molar-refractivity contribution >= 4 is 22.8 Å². The molecule has 0 radical (unpaired) electrons. The lowest BCUT2D eigenvalue weighted by Crippen LogP contribution is -2.26. The Morgan fingerprint density at radius 2 is 1.84 bits per heavy atom. The van der Waals surface area contributed by atoms with Gasteiger partial charge in [0.25, 0.3) is 5.91 Å². The molecule has 2 aromatic carbocycles. The normalized spacial score (nSPS) is 10.7. The first-order chi connectivity index (χ1) is 15.0. The van der Waals surface area contributed by atoms with Crippen LogP contribution in [0.1, 0.15) is 22.7 Å². The zero-order valence-electron chi connectivity index (χ0n) is 16.7. The standard InChI is InChI=1S/C24H19NO6/c1-15-22(16-6-3-2-4-7-16)23(27)18-10-9-17(14-20(18)30-15)31-21(26)11-12-25-24(28)19-8-5-13-29-19/h2-10,13-14H,11-12H2,1H3,(H,25,28). The van der Waals surface area contributed by atoms with Gasteiger partial charge in [0.15, 0.2) is 5.76 Å². The fourth-order valence-electron chi connectivity index (χ4n) is 3.24. The molecule has 0 aliphatic heterocycles.